The second-order valence-corrected chi connectivity index (χ2v) is 6.99. The molecule has 0 atom stereocenters. The quantitative estimate of drug-likeness (QED) is 0.717. The highest BCUT2D eigenvalue weighted by atomic mass is 32.2. The van der Waals surface area contributed by atoms with Crippen LogP contribution >= 0.6 is 23.1 Å². The largest absolute Gasteiger partial charge is 0.325 e. The van der Waals surface area contributed by atoms with Gasteiger partial charge in [-0.25, -0.2) is 9.37 Å². The van der Waals surface area contributed by atoms with Crippen LogP contribution in [0.2, 0.25) is 0 Å². The first-order valence-electron chi connectivity index (χ1n) is 6.65. The van der Waals surface area contributed by atoms with Crippen LogP contribution in [-0.2, 0) is 4.79 Å². The predicted molar refractivity (Wildman–Crippen MR) is 90.1 cm³/mol. The third-order valence-electron chi connectivity index (χ3n) is 2.96. The number of nitrogens with one attached hydrogen (secondary N) is 1. The zero-order chi connectivity index (χ0) is 15.5. The van der Waals surface area contributed by atoms with Crippen molar-refractivity contribution in [3.8, 4) is 0 Å². The summed E-state index contributed by atoms with van der Waals surface area (Å²) < 4.78 is 13.9. The zero-order valence-electron chi connectivity index (χ0n) is 11.8. The van der Waals surface area contributed by atoms with Crippen molar-refractivity contribution in [2.75, 3.05) is 11.1 Å². The molecule has 1 amide bonds. The molecule has 0 fully saturated rings. The van der Waals surface area contributed by atoms with Gasteiger partial charge in [0.05, 0.1) is 21.0 Å². The van der Waals surface area contributed by atoms with Crippen LogP contribution in [0, 0.1) is 12.7 Å². The van der Waals surface area contributed by atoms with E-state index in [0.717, 1.165) is 25.8 Å². The Kier molecular flexibility index (Phi) is 4.40. The molecule has 3 aromatic rings. The smallest absolute Gasteiger partial charge is 0.234 e. The molecule has 1 N–H and O–H groups in total. The SMILES string of the molecule is Cc1nc2cc(NC(=O)CSc3ccc(F)cc3)ccc2s1. The van der Waals surface area contributed by atoms with Crippen LogP contribution in [-0.4, -0.2) is 16.6 Å². The molecule has 2 aromatic carbocycles. The summed E-state index contributed by atoms with van der Waals surface area (Å²) in [5.41, 5.74) is 1.63. The zero-order valence-corrected chi connectivity index (χ0v) is 13.4. The number of nitrogens with zero attached hydrogens (tertiary/aromatic N) is 1. The minimum atomic E-state index is -0.277. The molecular weight excluding hydrogens is 319 g/mol. The minimum Gasteiger partial charge on any atom is -0.325 e. The summed E-state index contributed by atoms with van der Waals surface area (Å²) in [6, 6.07) is 11.8. The van der Waals surface area contributed by atoms with Gasteiger partial charge in [-0.15, -0.1) is 23.1 Å². The number of thioether (sulfide) groups is 1. The number of rotatable bonds is 4. The van der Waals surface area contributed by atoms with Crippen LogP contribution in [0.3, 0.4) is 0 Å². The van der Waals surface area contributed by atoms with Crippen LogP contribution in [0.25, 0.3) is 10.2 Å². The van der Waals surface area contributed by atoms with Crippen molar-refractivity contribution in [2.24, 2.45) is 0 Å². The fraction of sp³-hybridized carbons (Fsp3) is 0.125. The van der Waals surface area contributed by atoms with Gasteiger partial charge in [-0.3, -0.25) is 4.79 Å². The monoisotopic (exact) mass is 332 g/mol. The maximum Gasteiger partial charge on any atom is 0.234 e. The first kappa shape index (κ1) is 15.0. The van der Waals surface area contributed by atoms with E-state index in [1.807, 2.05) is 25.1 Å². The summed E-state index contributed by atoms with van der Waals surface area (Å²) >= 11 is 3.00. The molecule has 0 spiro atoms. The molecule has 1 heterocycles. The van der Waals surface area contributed by atoms with E-state index in [-0.39, 0.29) is 17.5 Å². The molecule has 6 heteroatoms. The average Bonchev–Trinajstić information content (AvgIpc) is 2.86. The molecule has 0 aliphatic rings. The summed E-state index contributed by atoms with van der Waals surface area (Å²) in [5, 5.41) is 3.86. The fourth-order valence-corrected chi connectivity index (χ4v) is 3.50. The van der Waals surface area contributed by atoms with Crippen LogP contribution < -0.4 is 5.32 Å². The molecule has 0 aliphatic carbocycles. The lowest BCUT2D eigenvalue weighted by Crippen LogP contribution is -2.13. The van der Waals surface area contributed by atoms with E-state index in [2.05, 4.69) is 10.3 Å². The van der Waals surface area contributed by atoms with E-state index in [4.69, 9.17) is 0 Å². The van der Waals surface area contributed by atoms with Gasteiger partial charge in [0, 0.05) is 10.6 Å². The highest BCUT2D eigenvalue weighted by Crippen LogP contribution is 2.25. The normalized spacial score (nSPS) is 10.8. The van der Waals surface area contributed by atoms with Gasteiger partial charge in [0.15, 0.2) is 0 Å². The number of fused-ring (bicyclic) bond motifs is 1. The second kappa shape index (κ2) is 6.46. The maximum absolute atomic E-state index is 12.8. The Bertz CT molecular complexity index is 815. The van der Waals surface area contributed by atoms with E-state index in [0.29, 0.717) is 0 Å². The van der Waals surface area contributed by atoms with E-state index in [9.17, 15) is 9.18 Å². The Morgan fingerprint density at radius 3 is 2.82 bits per heavy atom. The number of thiazole rings is 1. The van der Waals surface area contributed by atoms with Gasteiger partial charge in [0.1, 0.15) is 5.82 Å². The maximum atomic E-state index is 12.8. The Labute approximate surface area is 135 Å². The van der Waals surface area contributed by atoms with Gasteiger partial charge in [0.2, 0.25) is 5.91 Å². The van der Waals surface area contributed by atoms with Crippen molar-refractivity contribution in [1.29, 1.82) is 0 Å². The third-order valence-corrected chi connectivity index (χ3v) is 4.93. The second-order valence-electron chi connectivity index (χ2n) is 4.71. The van der Waals surface area contributed by atoms with Crippen molar-refractivity contribution in [2.45, 2.75) is 11.8 Å². The summed E-state index contributed by atoms with van der Waals surface area (Å²) in [5.74, 6) is -0.0963. The van der Waals surface area contributed by atoms with Crippen LogP contribution in [0.5, 0.6) is 0 Å². The van der Waals surface area contributed by atoms with Crippen LogP contribution in [0.1, 0.15) is 5.01 Å². The molecule has 0 aliphatic heterocycles. The van der Waals surface area contributed by atoms with E-state index in [1.54, 1.807) is 23.5 Å². The number of amides is 1. The first-order valence-corrected chi connectivity index (χ1v) is 8.46. The highest BCUT2D eigenvalue weighted by molar-refractivity contribution is 8.00. The number of halogens is 1. The average molecular weight is 332 g/mol. The summed E-state index contributed by atoms with van der Waals surface area (Å²) in [7, 11) is 0. The molecule has 1 aromatic heterocycles. The molecule has 0 saturated heterocycles. The lowest BCUT2D eigenvalue weighted by Gasteiger charge is -2.05. The topological polar surface area (TPSA) is 42.0 Å². The Balaban J connectivity index is 1.61. The van der Waals surface area contributed by atoms with Crippen molar-refractivity contribution in [3.05, 3.63) is 53.3 Å². The van der Waals surface area contributed by atoms with Gasteiger partial charge in [-0.2, -0.15) is 0 Å². The number of carbonyl (C=O) groups excluding carboxylic acids is 1. The summed E-state index contributed by atoms with van der Waals surface area (Å²) in [6.45, 7) is 1.96. The van der Waals surface area contributed by atoms with Gasteiger partial charge in [0.25, 0.3) is 0 Å². The molecule has 0 bridgehead atoms. The molecule has 3 nitrogen and oxygen atoms in total. The van der Waals surface area contributed by atoms with Crippen LogP contribution in [0.4, 0.5) is 10.1 Å². The lowest BCUT2D eigenvalue weighted by molar-refractivity contribution is -0.113. The fourth-order valence-electron chi connectivity index (χ4n) is 2.00. The van der Waals surface area contributed by atoms with Gasteiger partial charge < -0.3 is 5.32 Å². The van der Waals surface area contributed by atoms with Crippen molar-refractivity contribution < 1.29 is 9.18 Å². The third kappa shape index (κ3) is 3.64. The first-order chi connectivity index (χ1) is 10.6. The molecule has 112 valence electrons. The number of aryl methyl sites for hydroxylation is 1. The number of carbonyl (C=O) groups is 1. The lowest BCUT2D eigenvalue weighted by atomic mass is 10.3. The Morgan fingerprint density at radius 1 is 1.27 bits per heavy atom. The van der Waals surface area contributed by atoms with Crippen LogP contribution in [0.15, 0.2) is 47.4 Å². The van der Waals surface area contributed by atoms with Crippen molar-refractivity contribution in [1.82, 2.24) is 4.98 Å². The number of anilines is 1. The Hall–Kier alpha value is -1.92. The summed E-state index contributed by atoms with van der Waals surface area (Å²) in [6.07, 6.45) is 0. The molecule has 0 unspecified atom stereocenters. The van der Waals surface area contributed by atoms with E-state index < -0.39 is 0 Å². The van der Waals surface area contributed by atoms with Gasteiger partial charge in [-0.1, -0.05) is 0 Å². The molecule has 0 radical (unpaired) electrons. The Morgan fingerprint density at radius 2 is 2.05 bits per heavy atom. The minimum absolute atomic E-state index is 0.0966. The highest BCUT2D eigenvalue weighted by Gasteiger charge is 2.06. The number of hydrogen-bond donors (Lipinski definition) is 1. The van der Waals surface area contributed by atoms with Gasteiger partial charge >= 0.3 is 0 Å². The van der Waals surface area contributed by atoms with Gasteiger partial charge in [-0.05, 0) is 49.4 Å². The number of hydrogen-bond acceptors (Lipinski definition) is 4. The van der Waals surface area contributed by atoms with E-state index in [1.165, 1.54) is 23.9 Å². The standard InChI is InChI=1S/C16H13FN2OS2/c1-10-18-14-8-12(4-7-15(14)22-10)19-16(20)9-21-13-5-2-11(17)3-6-13/h2-8H,9H2,1H3,(H,19,20). The molecule has 3 rings (SSSR count). The van der Waals surface area contributed by atoms with Crippen molar-refractivity contribution >= 4 is 44.9 Å². The predicted octanol–water partition coefficient (Wildman–Crippen LogP) is 4.47. The van der Waals surface area contributed by atoms with Crippen molar-refractivity contribution in [3.63, 3.8) is 0 Å². The molecule has 22 heavy (non-hydrogen) atoms. The molecular formula is C16H13FN2OS2. The molecule has 0 saturated carbocycles. The number of benzene rings is 2. The van der Waals surface area contributed by atoms with E-state index >= 15 is 0 Å². The summed E-state index contributed by atoms with van der Waals surface area (Å²) in [4.78, 5) is 17.2. The number of aromatic nitrogens is 1.